The molecule has 0 bridgehead atoms. The summed E-state index contributed by atoms with van der Waals surface area (Å²) in [5, 5.41) is 2.00. The number of aromatic amines is 1. The maximum absolute atomic E-state index is 11.4. The van der Waals surface area contributed by atoms with Crippen molar-refractivity contribution in [2.75, 3.05) is 5.73 Å². The highest BCUT2D eigenvalue weighted by atomic mass is 32.1. The average Bonchev–Trinajstić information content (AvgIpc) is 2.69. The van der Waals surface area contributed by atoms with Crippen LogP contribution in [0, 0.1) is 0 Å². The molecule has 84 valence electrons. The van der Waals surface area contributed by atoms with Crippen LogP contribution in [0.2, 0.25) is 0 Å². The number of thiophene rings is 1. The van der Waals surface area contributed by atoms with E-state index in [1.807, 2.05) is 31.4 Å². The van der Waals surface area contributed by atoms with E-state index in [-0.39, 0.29) is 16.8 Å². The zero-order valence-electron chi connectivity index (χ0n) is 9.15. The number of aromatic nitrogens is 2. The molecule has 0 spiro atoms. The van der Waals surface area contributed by atoms with Crippen LogP contribution in [0.15, 0.2) is 28.4 Å². The highest BCUT2D eigenvalue weighted by molar-refractivity contribution is 7.10. The fourth-order valence-electron chi connectivity index (χ4n) is 1.52. The Hall–Kier alpha value is -1.62. The molecule has 2 rings (SSSR count). The largest absolute Gasteiger partial charge is 0.383 e. The first-order chi connectivity index (χ1) is 7.50. The monoisotopic (exact) mass is 235 g/mol. The van der Waals surface area contributed by atoms with Gasteiger partial charge in [-0.15, -0.1) is 11.3 Å². The van der Waals surface area contributed by atoms with Gasteiger partial charge in [-0.2, -0.15) is 0 Å². The molecular weight excluding hydrogens is 222 g/mol. The Bertz CT molecular complexity index is 543. The van der Waals surface area contributed by atoms with Gasteiger partial charge >= 0.3 is 0 Å². The number of rotatable bonds is 2. The van der Waals surface area contributed by atoms with Gasteiger partial charge in [-0.25, -0.2) is 4.98 Å². The normalized spacial score (nSPS) is 11.6. The fourth-order valence-corrected chi connectivity index (χ4v) is 2.38. The predicted molar refractivity (Wildman–Crippen MR) is 65.7 cm³/mol. The number of nitrogen functional groups attached to an aromatic ring is 1. The summed E-state index contributed by atoms with van der Waals surface area (Å²) < 4.78 is 0. The van der Waals surface area contributed by atoms with Gasteiger partial charge in [0.15, 0.2) is 0 Å². The van der Waals surface area contributed by atoms with E-state index in [4.69, 9.17) is 5.73 Å². The van der Waals surface area contributed by atoms with Crippen molar-refractivity contribution < 1.29 is 0 Å². The molecule has 0 radical (unpaired) electrons. The van der Waals surface area contributed by atoms with Gasteiger partial charge in [-0.3, -0.25) is 4.79 Å². The van der Waals surface area contributed by atoms with E-state index < -0.39 is 0 Å². The molecule has 0 saturated carbocycles. The summed E-state index contributed by atoms with van der Waals surface area (Å²) in [4.78, 5) is 19.4. The van der Waals surface area contributed by atoms with Crippen molar-refractivity contribution in [2.24, 2.45) is 0 Å². The molecule has 3 N–H and O–H groups in total. The van der Waals surface area contributed by atoms with Crippen molar-refractivity contribution in [2.45, 2.75) is 19.3 Å². The number of nitrogens with one attached hydrogen (secondary N) is 1. The summed E-state index contributed by atoms with van der Waals surface area (Å²) in [5.41, 5.74) is 5.04. The van der Waals surface area contributed by atoms with E-state index in [1.54, 1.807) is 11.3 Å². The van der Waals surface area contributed by atoms with E-state index in [9.17, 15) is 4.79 Å². The quantitative estimate of drug-likeness (QED) is 0.832. The number of nitrogens with two attached hydrogens (primary N) is 1. The van der Waals surface area contributed by atoms with Crippen molar-refractivity contribution in [3.8, 4) is 0 Å². The molecular formula is C11H13N3OS. The van der Waals surface area contributed by atoms with Crippen molar-refractivity contribution >= 4 is 17.2 Å². The van der Waals surface area contributed by atoms with Crippen LogP contribution in [0.25, 0.3) is 0 Å². The van der Waals surface area contributed by atoms with Gasteiger partial charge in [-0.05, 0) is 25.3 Å². The van der Waals surface area contributed by atoms with Gasteiger partial charge < -0.3 is 10.7 Å². The van der Waals surface area contributed by atoms with E-state index in [0.29, 0.717) is 5.82 Å². The molecule has 0 fully saturated rings. The van der Waals surface area contributed by atoms with Crippen LogP contribution in [0.5, 0.6) is 0 Å². The van der Waals surface area contributed by atoms with Crippen LogP contribution in [0.4, 0.5) is 5.82 Å². The molecule has 0 atom stereocenters. The zero-order valence-corrected chi connectivity index (χ0v) is 9.97. The first-order valence-electron chi connectivity index (χ1n) is 4.91. The number of hydrogen-bond donors (Lipinski definition) is 2. The molecule has 0 unspecified atom stereocenters. The molecule has 0 aliphatic carbocycles. The average molecular weight is 235 g/mol. The summed E-state index contributed by atoms with van der Waals surface area (Å²) in [7, 11) is 0. The molecule has 0 amide bonds. The maximum atomic E-state index is 11.4. The second-order valence-corrected chi connectivity index (χ2v) is 5.07. The lowest BCUT2D eigenvalue weighted by Gasteiger charge is -2.21. The summed E-state index contributed by atoms with van der Waals surface area (Å²) in [6, 6.07) is 5.29. The van der Waals surface area contributed by atoms with Gasteiger partial charge in [-0.1, -0.05) is 6.07 Å². The fraction of sp³-hybridized carbons (Fsp3) is 0.273. The van der Waals surface area contributed by atoms with Gasteiger partial charge in [0.25, 0.3) is 5.56 Å². The van der Waals surface area contributed by atoms with E-state index in [0.717, 1.165) is 4.88 Å². The van der Waals surface area contributed by atoms with E-state index >= 15 is 0 Å². The lowest BCUT2D eigenvalue weighted by molar-refractivity contribution is 0.600. The SMILES string of the molecule is CC(C)(c1nc(N)cc(=O)[nH]1)c1cccs1. The summed E-state index contributed by atoms with van der Waals surface area (Å²) in [6.45, 7) is 4.02. The standard InChI is InChI=1S/C11H13N3OS/c1-11(2,7-4-3-5-16-7)10-13-8(12)6-9(15)14-10/h3-6H,1-2H3,(H3,12,13,14,15). The Morgan fingerprint density at radius 1 is 1.50 bits per heavy atom. The van der Waals surface area contributed by atoms with Crippen molar-refractivity contribution in [1.29, 1.82) is 0 Å². The Morgan fingerprint density at radius 3 is 2.81 bits per heavy atom. The van der Waals surface area contributed by atoms with Crippen molar-refractivity contribution in [3.63, 3.8) is 0 Å². The third kappa shape index (κ3) is 1.86. The number of H-pyrrole nitrogens is 1. The lowest BCUT2D eigenvalue weighted by atomic mass is 9.90. The molecule has 2 aromatic rings. The Morgan fingerprint density at radius 2 is 2.25 bits per heavy atom. The van der Waals surface area contributed by atoms with Crippen LogP contribution in [-0.2, 0) is 5.41 Å². The first kappa shape index (κ1) is 10.9. The molecule has 4 nitrogen and oxygen atoms in total. The minimum Gasteiger partial charge on any atom is -0.383 e. The van der Waals surface area contributed by atoms with Crippen LogP contribution in [0.3, 0.4) is 0 Å². The molecule has 5 heteroatoms. The third-order valence-electron chi connectivity index (χ3n) is 2.49. The van der Waals surface area contributed by atoms with Crippen molar-refractivity contribution in [3.05, 3.63) is 44.6 Å². The summed E-state index contributed by atoms with van der Waals surface area (Å²) in [5.74, 6) is 0.850. The second-order valence-electron chi connectivity index (χ2n) is 4.12. The van der Waals surface area contributed by atoms with Crippen LogP contribution < -0.4 is 11.3 Å². The molecule has 16 heavy (non-hydrogen) atoms. The van der Waals surface area contributed by atoms with Gasteiger partial charge in [0.2, 0.25) is 0 Å². The number of nitrogens with zero attached hydrogens (tertiary/aromatic N) is 1. The minimum atomic E-state index is -0.331. The molecule has 2 heterocycles. The Labute approximate surface area is 97.2 Å². The summed E-state index contributed by atoms with van der Waals surface area (Å²) >= 11 is 1.63. The van der Waals surface area contributed by atoms with Crippen LogP contribution in [0.1, 0.15) is 24.5 Å². The van der Waals surface area contributed by atoms with Gasteiger partial charge in [0, 0.05) is 10.9 Å². The highest BCUT2D eigenvalue weighted by Crippen LogP contribution is 2.31. The molecule has 2 aromatic heterocycles. The second kappa shape index (κ2) is 3.75. The van der Waals surface area contributed by atoms with Gasteiger partial charge in [0.1, 0.15) is 11.6 Å². The topological polar surface area (TPSA) is 71.8 Å². The van der Waals surface area contributed by atoms with E-state index in [2.05, 4.69) is 9.97 Å². The zero-order chi connectivity index (χ0) is 11.8. The maximum Gasteiger partial charge on any atom is 0.252 e. The first-order valence-corrected chi connectivity index (χ1v) is 5.79. The van der Waals surface area contributed by atoms with Crippen molar-refractivity contribution in [1.82, 2.24) is 9.97 Å². The molecule has 0 aliphatic rings. The lowest BCUT2D eigenvalue weighted by Crippen LogP contribution is -2.25. The smallest absolute Gasteiger partial charge is 0.252 e. The Kier molecular flexibility index (Phi) is 2.55. The predicted octanol–water partition coefficient (Wildman–Crippen LogP) is 1.74. The third-order valence-corrected chi connectivity index (χ3v) is 3.68. The molecule has 0 saturated heterocycles. The van der Waals surface area contributed by atoms with Gasteiger partial charge in [0.05, 0.1) is 5.41 Å². The summed E-state index contributed by atoms with van der Waals surface area (Å²) in [6.07, 6.45) is 0. The Balaban J connectivity index is 2.55. The van der Waals surface area contributed by atoms with Crippen LogP contribution >= 0.6 is 11.3 Å². The van der Waals surface area contributed by atoms with Crippen LogP contribution in [-0.4, -0.2) is 9.97 Å². The minimum absolute atomic E-state index is 0.216. The molecule has 0 aromatic carbocycles. The number of anilines is 1. The van der Waals surface area contributed by atoms with E-state index in [1.165, 1.54) is 6.07 Å². The number of hydrogen-bond acceptors (Lipinski definition) is 4. The highest BCUT2D eigenvalue weighted by Gasteiger charge is 2.27. The molecule has 0 aliphatic heterocycles.